The average molecular weight is 695 g/mol. The third-order valence-electron chi connectivity index (χ3n) is 11.3. The van der Waals surface area contributed by atoms with Crippen LogP contribution in [0.2, 0.25) is 0 Å². The summed E-state index contributed by atoms with van der Waals surface area (Å²) in [4.78, 5) is 9.97. The van der Waals surface area contributed by atoms with E-state index >= 15 is 0 Å². The first kappa shape index (κ1) is 31.9. The van der Waals surface area contributed by atoms with E-state index in [9.17, 15) is 0 Å². The Balaban J connectivity index is 1.00. The van der Waals surface area contributed by atoms with Gasteiger partial charge in [-0.15, -0.1) is 0 Å². The van der Waals surface area contributed by atoms with Crippen LogP contribution in [0.4, 0.5) is 0 Å². The Kier molecular flexibility index (Phi) is 7.34. The highest BCUT2D eigenvalue weighted by Crippen LogP contribution is 2.50. The Morgan fingerprint density at radius 1 is 0.537 bits per heavy atom. The standard InChI is InChI=1S/C50H38N4/c1-50(2)44-18-10-8-16-40(44)42-29-43-41-17-9-11-19-46(41)54(47(43)30-45(42)50)37-25-20-32(21-26-37)31-52-49(34-13-4-3-5-14-34)53-48(51)36-24-27-39-35(28-36)23-22-33-12-6-7-15-38(33)39/h3-30H,31H2,1-2H3,(H2,51,52,53). The summed E-state index contributed by atoms with van der Waals surface area (Å²) in [6.07, 6.45) is 0. The van der Waals surface area contributed by atoms with Crippen LogP contribution in [0.15, 0.2) is 180 Å². The number of benzene rings is 8. The lowest BCUT2D eigenvalue weighted by atomic mass is 9.82. The summed E-state index contributed by atoms with van der Waals surface area (Å²) in [6.45, 7) is 5.16. The fourth-order valence-corrected chi connectivity index (χ4v) is 8.49. The van der Waals surface area contributed by atoms with Gasteiger partial charge in [0.25, 0.3) is 0 Å². The molecule has 258 valence electrons. The quantitative estimate of drug-likeness (QED) is 0.109. The van der Waals surface area contributed by atoms with Crippen molar-refractivity contribution in [2.75, 3.05) is 0 Å². The molecule has 0 spiro atoms. The lowest BCUT2D eigenvalue weighted by molar-refractivity contribution is 0.661. The van der Waals surface area contributed by atoms with Crippen molar-refractivity contribution in [3.63, 3.8) is 0 Å². The zero-order valence-corrected chi connectivity index (χ0v) is 30.3. The number of hydrogen-bond acceptors (Lipinski definition) is 1. The molecule has 1 heterocycles. The van der Waals surface area contributed by atoms with Gasteiger partial charge in [0.2, 0.25) is 0 Å². The summed E-state index contributed by atoms with van der Waals surface area (Å²) >= 11 is 0. The molecule has 1 aliphatic carbocycles. The number of aromatic nitrogens is 1. The minimum Gasteiger partial charge on any atom is -0.383 e. The van der Waals surface area contributed by atoms with Crippen molar-refractivity contribution in [2.45, 2.75) is 25.8 Å². The van der Waals surface area contributed by atoms with Crippen LogP contribution in [0.1, 0.15) is 41.7 Å². The van der Waals surface area contributed by atoms with E-state index in [1.54, 1.807) is 0 Å². The molecule has 9 aromatic rings. The first-order valence-electron chi connectivity index (χ1n) is 18.6. The van der Waals surface area contributed by atoms with Crippen molar-refractivity contribution in [1.82, 2.24) is 4.57 Å². The molecule has 0 radical (unpaired) electrons. The molecule has 0 atom stereocenters. The van der Waals surface area contributed by atoms with Gasteiger partial charge in [0.05, 0.1) is 17.6 Å². The molecular weight excluding hydrogens is 657 g/mol. The molecule has 0 fully saturated rings. The second-order valence-electron chi connectivity index (χ2n) is 14.8. The van der Waals surface area contributed by atoms with Gasteiger partial charge in [0.15, 0.2) is 5.84 Å². The van der Waals surface area contributed by atoms with E-state index < -0.39 is 0 Å². The van der Waals surface area contributed by atoms with Gasteiger partial charge in [-0.2, -0.15) is 0 Å². The molecule has 0 aliphatic heterocycles. The number of fused-ring (bicyclic) bond motifs is 9. The minimum atomic E-state index is -0.0746. The van der Waals surface area contributed by atoms with Gasteiger partial charge in [-0.1, -0.05) is 147 Å². The van der Waals surface area contributed by atoms with Gasteiger partial charge in [-0.25, -0.2) is 4.99 Å². The Labute approximate surface area is 314 Å². The van der Waals surface area contributed by atoms with Gasteiger partial charge in [0.1, 0.15) is 5.84 Å². The average Bonchev–Trinajstić information content (AvgIpc) is 3.66. The molecule has 4 nitrogen and oxygen atoms in total. The van der Waals surface area contributed by atoms with E-state index in [0.717, 1.165) is 27.8 Å². The lowest BCUT2D eigenvalue weighted by Gasteiger charge is -2.21. The second kappa shape index (κ2) is 12.4. The Morgan fingerprint density at radius 3 is 2.09 bits per heavy atom. The van der Waals surface area contributed by atoms with E-state index in [1.165, 1.54) is 60.2 Å². The molecule has 0 bridgehead atoms. The number of hydrogen-bond donors (Lipinski definition) is 1. The number of amidine groups is 2. The fraction of sp³-hybridized carbons (Fsp3) is 0.0800. The van der Waals surface area contributed by atoms with Gasteiger partial charge in [-0.3, -0.25) is 4.99 Å². The van der Waals surface area contributed by atoms with Crippen LogP contribution in [-0.2, 0) is 12.0 Å². The molecule has 0 saturated heterocycles. The monoisotopic (exact) mass is 694 g/mol. The van der Waals surface area contributed by atoms with Crippen LogP contribution in [0.25, 0.3) is 60.2 Å². The summed E-state index contributed by atoms with van der Waals surface area (Å²) in [5, 5.41) is 7.31. The van der Waals surface area contributed by atoms with Crippen molar-refractivity contribution in [2.24, 2.45) is 15.7 Å². The highest BCUT2D eigenvalue weighted by Gasteiger charge is 2.36. The van der Waals surface area contributed by atoms with Crippen LogP contribution in [0.3, 0.4) is 0 Å². The van der Waals surface area contributed by atoms with Crippen molar-refractivity contribution >= 4 is 55.0 Å². The van der Waals surface area contributed by atoms with Crippen LogP contribution >= 0.6 is 0 Å². The van der Waals surface area contributed by atoms with E-state index in [-0.39, 0.29) is 5.41 Å². The largest absolute Gasteiger partial charge is 0.383 e. The van der Waals surface area contributed by atoms with E-state index in [2.05, 4.69) is 158 Å². The summed E-state index contributed by atoms with van der Waals surface area (Å²) in [5.41, 5.74) is 18.5. The molecule has 0 saturated carbocycles. The third-order valence-corrected chi connectivity index (χ3v) is 11.3. The van der Waals surface area contributed by atoms with Crippen molar-refractivity contribution in [3.8, 4) is 16.8 Å². The van der Waals surface area contributed by atoms with Crippen molar-refractivity contribution in [1.29, 1.82) is 0 Å². The lowest BCUT2D eigenvalue weighted by Crippen LogP contribution is -2.16. The summed E-state index contributed by atoms with van der Waals surface area (Å²) < 4.78 is 2.41. The first-order valence-corrected chi connectivity index (χ1v) is 18.6. The van der Waals surface area contributed by atoms with Gasteiger partial charge >= 0.3 is 0 Å². The highest BCUT2D eigenvalue weighted by atomic mass is 15.0. The predicted molar refractivity (Wildman–Crippen MR) is 227 cm³/mol. The van der Waals surface area contributed by atoms with Gasteiger partial charge in [0, 0.05) is 33.0 Å². The zero-order chi connectivity index (χ0) is 36.4. The molecule has 54 heavy (non-hydrogen) atoms. The van der Waals surface area contributed by atoms with Crippen LogP contribution < -0.4 is 5.73 Å². The molecular formula is C50H38N4. The summed E-state index contributed by atoms with van der Waals surface area (Å²) in [7, 11) is 0. The van der Waals surface area contributed by atoms with E-state index in [0.29, 0.717) is 18.2 Å². The summed E-state index contributed by atoms with van der Waals surface area (Å²) in [5.74, 6) is 1.04. The Hall–Kier alpha value is -6.78. The molecule has 0 amide bonds. The topological polar surface area (TPSA) is 55.7 Å². The fourth-order valence-electron chi connectivity index (χ4n) is 8.49. The Morgan fingerprint density at radius 2 is 1.24 bits per heavy atom. The number of nitrogens with zero attached hydrogens (tertiary/aromatic N) is 3. The molecule has 1 aromatic heterocycles. The zero-order valence-electron chi connectivity index (χ0n) is 30.3. The number of aliphatic imine (C=N–C) groups is 2. The molecule has 1 aliphatic rings. The number of para-hydroxylation sites is 1. The molecule has 2 N–H and O–H groups in total. The highest BCUT2D eigenvalue weighted by molar-refractivity contribution is 6.14. The third kappa shape index (κ3) is 5.14. The molecule has 8 aromatic carbocycles. The maximum atomic E-state index is 6.71. The second-order valence-corrected chi connectivity index (χ2v) is 14.8. The molecule has 4 heteroatoms. The van der Waals surface area contributed by atoms with Crippen molar-refractivity contribution in [3.05, 3.63) is 198 Å². The van der Waals surface area contributed by atoms with Gasteiger partial charge in [-0.05, 0) is 85.8 Å². The number of nitrogens with two attached hydrogens (primary N) is 1. The van der Waals surface area contributed by atoms with Crippen LogP contribution in [-0.4, -0.2) is 16.2 Å². The SMILES string of the molecule is CC1(C)c2ccccc2-c2cc3c4ccccc4n(-c4ccc(CN=C(N=C(N)c5ccc6c(ccc7ccccc76)c5)c5ccccc5)cc4)c3cc21. The maximum absolute atomic E-state index is 6.71. The van der Waals surface area contributed by atoms with Crippen LogP contribution in [0.5, 0.6) is 0 Å². The minimum absolute atomic E-state index is 0.0746. The maximum Gasteiger partial charge on any atom is 0.157 e. The normalized spacial score (nSPS) is 13.9. The predicted octanol–water partition coefficient (Wildman–Crippen LogP) is 11.7. The molecule has 0 unspecified atom stereocenters. The van der Waals surface area contributed by atoms with E-state index in [4.69, 9.17) is 15.7 Å². The number of rotatable bonds is 5. The van der Waals surface area contributed by atoms with E-state index in [1.807, 2.05) is 30.3 Å². The first-order chi connectivity index (χ1) is 26.4. The van der Waals surface area contributed by atoms with Gasteiger partial charge < -0.3 is 10.3 Å². The summed E-state index contributed by atoms with van der Waals surface area (Å²) in [6, 6.07) is 60.4. The molecule has 10 rings (SSSR count). The van der Waals surface area contributed by atoms with Crippen LogP contribution in [0, 0.1) is 0 Å². The van der Waals surface area contributed by atoms with Crippen molar-refractivity contribution < 1.29 is 0 Å². The smallest absolute Gasteiger partial charge is 0.157 e. The Bertz CT molecular complexity index is 2980.